The zero-order valence-electron chi connectivity index (χ0n) is 23.9. The third-order valence-corrected chi connectivity index (χ3v) is 12.7. The molecule has 200 valence electrons. The largest absolute Gasteiger partial charge is 0.0651 e. The van der Waals surface area contributed by atoms with Crippen LogP contribution < -0.4 is 0 Å². The molecule has 13 rings (SSSR count). The maximum atomic E-state index is 3.85. The highest BCUT2D eigenvalue weighted by Gasteiger charge is 2.38. The average molecular weight is 521 g/mol. The van der Waals surface area contributed by atoms with Gasteiger partial charge < -0.3 is 0 Å². The van der Waals surface area contributed by atoms with E-state index < -0.39 is 0 Å². The zero-order chi connectivity index (χ0) is 26.2. The van der Waals surface area contributed by atoms with Crippen LogP contribution in [0.2, 0.25) is 0 Å². The monoisotopic (exact) mass is 520 g/mol. The summed E-state index contributed by atoms with van der Waals surface area (Å²) < 4.78 is 0. The van der Waals surface area contributed by atoms with Crippen LogP contribution in [0.15, 0.2) is 44.6 Å². The van der Waals surface area contributed by atoms with E-state index in [1.807, 2.05) is 0 Å². The maximum Gasteiger partial charge on any atom is 0.0173 e. The van der Waals surface area contributed by atoms with Gasteiger partial charge in [-0.25, -0.2) is 0 Å². The Morgan fingerprint density at radius 3 is 0.400 bits per heavy atom. The van der Waals surface area contributed by atoms with E-state index in [2.05, 4.69) is 47.4 Å². The molecule has 13 aliphatic rings. The van der Waals surface area contributed by atoms with E-state index >= 15 is 0 Å². The van der Waals surface area contributed by atoms with Crippen LogP contribution in [-0.2, 0) is 0 Å². The van der Waals surface area contributed by atoms with Crippen LogP contribution in [0.25, 0.3) is 0 Å². The number of hydrogen-bond acceptors (Lipinski definition) is 0. The Balaban J connectivity index is 1.29. The van der Waals surface area contributed by atoms with Gasteiger partial charge in [-0.15, -0.1) is 0 Å². The second-order valence-corrected chi connectivity index (χ2v) is 14.5. The molecule has 40 heavy (non-hydrogen) atoms. The van der Waals surface area contributed by atoms with Crippen LogP contribution >= 0.6 is 0 Å². The normalized spacial score (nSPS) is 40.0. The lowest BCUT2D eigenvalue weighted by Gasteiger charge is -2.39. The summed E-state index contributed by atoms with van der Waals surface area (Å²) in [4.78, 5) is 0. The minimum absolute atomic E-state index is 0.623. The van der Waals surface area contributed by atoms with E-state index in [9.17, 15) is 0 Å². The molecule has 13 aliphatic carbocycles. The van der Waals surface area contributed by atoms with E-state index in [1.165, 1.54) is 147 Å². The number of hydrogen-bond donors (Lipinski definition) is 0. The fourth-order valence-electron chi connectivity index (χ4n) is 10.3. The Kier molecular flexibility index (Phi) is 5.59. The SMILES string of the molecule is C1#CC2=C(C#CC3=C(C#CC4=C(C#CC5=C1C1CCC5CC1)C1CCC4CC1)C1CCC3CC1)C1CCC2CC1. The molecule has 4 saturated carbocycles. The molecule has 0 saturated heterocycles. The average Bonchev–Trinajstić information content (AvgIpc) is 3.03. The van der Waals surface area contributed by atoms with Crippen LogP contribution in [0, 0.1) is 94.7 Å². The summed E-state index contributed by atoms with van der Waals surface area (Å²) in [5.41, 5.74) is 11.3. The van der Waals surface area contributed by atoms with E-state index in [-0.39, 0.29) is 0 Å². The second kappa shape index (κ2) is 9.37. The maximum absolute atomic E-state index is 3.85. The number of fused-ring (bicyclic) bond motifs is 8. The molecular formula is C40H40. The molecule has 0 amide bonds. The molecule has 0 N–H and O–H groups in total. The summed E-state index contributed by atoms with van der Waals surface area (Å²) in [6, 6.07) is 0. The first-order valence-electron chi connectivity index (χ1n) is 16.8. The molecule has 0 atom stereocenters. The van der Waals surface area contributed by atoms with Crippen molar-refractivity contribution in [3.63, 3.8) is 0 Å². The van der Waals surface area contributed by atoms with Crippen molar-refractivity contribution in [2.75, 3.05) is 0 Å². The predicted molar refractivity (Wildman–Crippen MR) is 161 cm³/mol. The minimum Gasteiger partial charge on any atom is -0.0651 e. The van der Waals surface area contributed by atoms with Gasteiger partial charge >= 0.3 is 0 Å². The van der Waals surface area contributed by atoms with Crippen LogP contribution in [0.1, 0.15) is 103 Å². The lowest BCUT2D eigenvalue weighted by atomic mass is 9.64. The van der Waals surface area contributed by atoms with Crippen molar-refractivity contribution in [2.45, 2.75) is 103 Å². The van der Waals surface area contributed by atoms with Crippen molar-refractivity contribution in [3.8, 4) is 47.4 Å². The van der Waals surface area contributed by atoms with Gasteiger partial charge in [0.15, 0.2) is 0 Å². The standard InChI is InChI=1S/C40H40/c1-2-26-4-3-25(1)33-17-18-35-27-5-7-29(8-6-27)37(35)21-22-39-31-13-15-32(16-14-31)40(39)24-23-38-30-11-9-28(10-12-30)36(38)20-19-34(26)33/h25-32H,1-16H2. The Morgan fingerprint density at radius 1 is 0.200 bits per heavy atom. The molecule has 0 aliphatic heterocycles. The summed E-state index contributed by atoms with van der Waals surface area (Å²) in [5, 5.41) is 0. The smallest absolute Gasteiger partial charge is 0.0173 e. The molecule has 0 unspecified atom stereocenters. The zero-order valence-corrected chi connectivity index (χ0v) is 23.9. The fraction of sp³-hybridized carbons (Fsp3) is 0.600. The molecule has 0 radical (unpaired) electrons. The van der Waals surface area contributed by atoms with Crippen LogP contribution in [0.3, 0.4) is 0 Å². The van der Waals surface area contributed by atoms with Gasteiger partial charge in [0.2, 0.25) is 0 Å². The molecule has 0 aromatic carbocycles. The van der Waals surface area contributed by atoms with Gasteiger partial charge in [-0.3, -0.25) is 0 Å². The van der Waals surface area contributed by atoms with Crippen molar-refractivity contribution in [3.05, 3.63) is 44.6 Å². The molecular weight excluding hydrogens is 480 g/mol. The first-order chi connectivity index (χ1) is 19.8. The van der Waals surface area contributed by atoms with E-state index in [1.54, 1.807) is 0 Å². The molecule has 8 bridgehead atoms. The fourth-order valence-corrected chi connectivity index (χ4v) is 10.3. The molecule has 0 nitrogen and oxygen atoms in total. The second-order valence-electron chi connectivity index (χ2n) is 14.5. The Bertz CT molecular complexity index is 1190. The van der Waals surface area contributed by atoms with Crippen molar-refractivity contribution in [1.82, 2.24) is 0 Å². The van der Waals surface area contributed by atoms with Gasteiger partial charge in [-0.05, 0) is 150 Å². The van der Waals surface area contributed by atoms with Crippen molar-refractivity contribution in [2.24, 2.45) is 47.3 Å². The Labute approximate surface area is 241 Å². The van der Waals surface area contributed by atoms with E-state index in [4.69, 9.17) is 0 Å². The van der Waals surface area contributed by atoms with E-state index in [0.29, 0.717) is 47.3 Å². The van der Waals surface area contributed by atoms with Crippen LogP contribution in [0.5, 0.6) is 0 Å². The predicted octanol–water partition coefficient (Wildman–Crippen LogP) is 8.48. The molecule has 0 aromatic rings. The highest BCUT2D eigenvalue weighted by molar-refractivity contribution is 5.60. The first-order valence-corrected chi connectivity index (χ1v) is 16.8. The Morgan fingerprint density at radius 2 is 0.300 bits per heavy atom. The van der Waals surface area contributed by atoms with Crippen molar-refractivity contribution in [1.29, 1.82) is 0 Å². The Hall–Kier alpha value is -2.80. The van der Waals surface area contributed by atoms with Gasteiger partial charge in [-0.2, -0.15) is 0 Å². The van der Waals surface area contributed by atoms with Crippen molar-refractivity contribution >= 4 is 0 Å². The summed E-state index contributed by atoms with van der Waals surface area (Å²) >= 11 is 0. The number of allylic oxidation sites excluding steroid dienone is 8. The summed E-state index contributed by atoms with van der Waals surface area (Å²) in [5.74, 6) is 35.8. The summed E-state index contributed by atoms with van der Waals surface area (Å²) in [7, 11) is 0. The lowest BCUT2D eigenvalue weighted by Crippen LogP contribution is -2.28. The summed E-state index contributed by atoms with van der Waals surface area (Å²) in [6.45, 7) is 0. The molecule has 0 aromatic heterocycles. The third-order valence-electron chi connectivity index (χ3n) is 12.7. The highest BCUT2D eigenvalue weighted by atomic mass is 14.4. The highest BCUT2D eigenvalue weighted by Crippen LogP contribution is 2.49. The van der Waals surface area contributed by atoms with Gasteiger partial charge in [0.1, 0.15) is 0 Å². The van der Waals surface area contributed by atoms with Gasteiger partial charge in [0, 0.05) is 44.6 Å². The first kappa shape index (κ1) is 23.9. The third kappa shape index (κ3) is 3.72. The molecule has 0 heteroatoms. The summed E-state index contributed by atoms with van der Waals surface area (Å²) in [6.07, 6.45) is 20.9. The lowest BCUT2D eigenvalue weighted by molar-refractivity contribution is 0.305. The minimum atomic E-state index is 0.623. The molecule has 4 fully saturated rings. The number of rotatable bonds is 0. The van der Waals surface area contributed by atoms with Gasteiger partial charge in [-0.1, -0.05) is 47.4 Å². The van der Waals surface area contributed by atoms with E-state index in [0.717, 1.165) is 0 Å². The quantitative estimate of drug-likeness (QED) is 0.281. The van der Waals surface area contributed by atoms with Gasteiger partial charge in [0.05, 0.1) is 0 Å². The van der Waals surface area contributed by atoms with Gasteiger partial charge in [0.25, 0.3) is 0 Å². The van der Waals surface area contributed by atoms with Crippen LogP contribution in [-0.4, -0.2) is 0 Å². The molecule has 0 spiro atoms. The topological polar surface area (TPSA) is 0 Å². The van der Waals surface area contributed by atoms with Crippen molar-refractivity contribution < 1.29 is 0 Å². The van der Waals surface area contributed by atoms with Crippen LogP contribution in [0.4, 0.5) is 0 Å². The molecule has 0 heterocycles.